The van der Waals surface area contributed by atoms with Crippen LogP contribution in [0.3, 0.4) is 0 Å². The van der Waals surface area contributed by atoms with E-state index < -0.39 is 0 Å². The van der Waals surface area contributed by atoms with Gasteiger partial charge in [0.05, 0.1) is 0 Å². The third-order valence-electron chi connectivity index (χ3n) is 2.42. The van der Waals surface area contributed by atoms with Crippen molar-refractivity contribution in [2.24, 2.45) is 0 Å². The molecule has 15 heavy (non-hydrogen) atoms. The molecule has 0 atom stereocenters. The van der Waals surface area contributed by atoms with Crippen LogP contribution in [-0.2, 0) is 0 Å². The van der Waals surface area contributed by atoms with Crippen molar-refractivity contribution in [3.8, 4) is 0 Å². The molecule has 3 heteroatoms. The second-order valence-electron chi connectivity index (χ2n) is 3.93. The molecule has 0 aliphatic carbocycles. The average Bonchev–Trinajstić information content (AvgIpc) is 2.15. The molecule has 0 aliphatic heterocycles. The number of fused-ring (bicyclic) bond motifs is 1. The van der Waals surface area contributed by atoms with Crippen LogP contribution in [-0.4, -0.2) is 0 Å². The van der Waals surface area contributed by atoms with Crippen LogP contribution in [0.4, 0.5) is 5.69 Å². The van der Waals surface area contributed by atoms with Gasteiger partial charge in [0.15, 0.2) is 0 Å². The molecule has 1 aromatic heterocycles. The van der Waals surface area contributed by atoms with Gasteiger partial charge in [0, 0.05) is 23.2 Å². The Balaban J connectivity index is 2.86. The van der Waals surface area contributed by atoms with Crippen LogP contribution in [0.5, 0.6) is 0 Å². The summed E-state index contributed by atoms with van der Waals surface area (Å²) in [4.78, 5) is 11.3. The molecule has 0 amide bonds. The predicted octanol–water partition coefficient (Wildman–Crippen LogP) is 2.50. The third-order valence-corrected chi connectivity index (χ3v) is 2.42. The summed E-state index contributed by atoms with van der Waals surface area (Å²) >= 11 is 0. The Kier molecular flexibility index (Phi) is 2.23. The highest BCUT2D eigenvalue weighted by Gasteiger charge is 2.08. The van der Waals surface area contributed by atoms with E-state index in [9.17, 15) is 4.79 Å². The van der Waals surface area contributed by atoms with Crippen LogP contribution < -0.4 is 11.4 Å². The molecule has 1 aromatic carbocycles. The van der Waals surface area contributed by atoms with E-state index in [4.69, 9.17) is 10.2 Å². The number of nitrogen functional groups attached to an aromatic ring is 1. The van der Waals surface area contributed by atoms with Gasteiger partial charge in [-0.05, 0) is 23.6 Å². The van der Waals surface area contributed by atoms with Gasteiger partial charge >= 0.3 is 5.63 Å². The molecule has 0 saturated carbocycles. The molecular formula is C12H13NO2. The predicted molar refractivity (Wildman–Crippen MR) is 61.0 cm³/mol. The highest BCUT2D eigenvalue weighted by atomic mass is 16.4. The van der Waals surface area contributed by atoms with E-state index in [-0.39, 0.29) is 5.63 Å². The molecule has 0 aliphatic rings. The van der Waals surface area contributed by atoms with Gasteiger partial charge < -0.3 is 10.2 Å². The first-order valence-electron chi connectivity index (χ1n) is 4.91. The van der Waals surface area contributed by atoms with Crippen LogP contribution >= 0.6 is 0 Å². The fourth-order valence-electron chi connectivity index (χ4n) is 1.68. The Bertz CT molecular complexity index is 555. The molecule has 0 saturated heterocycles. The zero-order chi connectivity index (χ0) is 11.0. The zero-order valence-corrected chi connectivity index (χ0v) is 8.78. The lowest BCUT2D eigenvalue weighted by Gasteiger charge is -2.08. The Labute approximate surface area is 87.5 Å². The SMILES string of the molecule is CC(C)c1cc(=O)oc2cc(N)ccc12. The third kappa shape index (κ3) is 1.73. The van der Waals surface area contributed by atoms with Gasteiger partial charge in [-0.2, -0.15) is 0 Å². The Morgan fingerprint density at radius 3 is 2.67 bits per heavy atom. The van der Waals surface area contributed by atoms with Crippen LogP contribution in [0.1, 0.15) is 25.3 Å². The summed E-state index contributed by atoms with van der Waals surface area (Å²) in [6, 6.07) is 6.93. The van der Waals surface area contributed by atoms with Crippen molar-refractivity contribution in [1.29, 1.82) is 0 Å². The minimum atomic E-state index is -0.322. The first kappa shape index (κ1) is 9.77. The first-order chi connectivity index (χ1) is 7.08. The van der Waals surface area contributed by atoms with Crippen LogP contribution in [0.2, 0.25) is 0 Å². The Hall–Kier alpha value is -1.77. The van der Waals surface area contributed by atoms with E-state index in [0.29, 0.717) is 17.2 Å². The summed E-state index contributed by atoms with van der Waals surface area (Å²) in [7, 11) is 0. The molecule has 0 fully saturated rings. The van der Waals surface area contributed by atoms with Gasteiger partial charge in [-0.25, -0.2) is 4.79 Å². The largest absolute Gasteiger partial charge is 0.423 e. The number of benzene rings is 1. The molecule has 0 radical (unpaired) electrons. The van der Waals surface area contributed by atoms with E-state index >= 15 is 0 Å². The van der Waals surface area contributed by atoms with E-state index in [1.165, 1.54) is 0 Å². The molecular weight excluding hydrogens is 190 g/mol. The standard InChI is InChI=1S/C12H13NO2/c1-7(2)10-6-12(14)15-11-5-8(13)3-4-9(10)11/h3-7H,13H2,1-2H3. The molecule has 0 bridgehead atoms. The van der Waals surface area contributed by atoms with Crippen molar-refractivity contribution >= 4 is 16.7 Å². The normalized spacial score (nSPS) is 11.1. The van der Waals surface area contributed by atoms with E-state index in [1.54, 1.807) is 12.1 Å². The molecule has 1 heterocycles. The van der Waals surface area contributed by atoms with E-state index in [0.717, 1.165) is 10.9 Å². The summed E-state index contributed by atoms with van der Waals surface area (Å²) in [6.45, 7) is 4.09. The van der Waals surface area contributed by atoms with Gasteiger partial charge in [0.1, 0.15) is 5.58 Å². The van der Waals surface area contributed by atoms with Gasteiger partial charge in [-0.1, -0.05) is 13.8 Å². The number of hydrogen-bond donors (Lipinski definition) is 1. The summed E-state index contributed by atoms with van der Waals surface area (Å²) < 4.78 is 5.10. The van der Waals surface area contributed by atoms with Crippen molar-refractivity contribution in [2.75, 3.05) is 5.73 Å². The lowest BCUT2D eigenvalue weighted by molar-refractivity contribution is 0.557. The summed E-state index contributed by atoms with van der Waals surface area (Å²) in [5.41, 5.74) is 7.48. The topological polar surface area (TPSA) is 56.2 Å². The lowest BCUT2D eigenvalue weighted by Crippen LogP contribution is -2.02. The van der Waals surface area contributed by atoms with Gasteiger partial charge in [0.2, 0.25) is 0 Å². The number of nitrogens with two attached hydrogens (primary N) is 1. The summed E-state index contributed by atoms with van der Waals surface area (Å²) in [5, 5.41) is 0.957. The first-order valence-corrected chi connectivity index (χ1v) is 4.91. The highest BCUT2D eigenvalue weighted by molar-refractivity contribution is 5.83. The molecule has 2 rings (SSSR count). The minimum Gasteiger partial charge on any atom is -0.423 e. The smallest absolute Gasteiger partial charge is 0.336 e. The minimum absolute atomic E-state index is 0.292. The van der Waals surface area contributed by atoms with Crippen LogP contribution in [0.15, 0.2) is 33.5 Å². The van der Waals surface area contributed by atoms with Crippen molar-refractivity contribution in [1.82, 2.24) is 0 Å². The maximum Gasteiger partial charge on any atom is 0.336 e. The van der Waals surface area contributed by atoms with Crippen molar-refractivity contribution in [3.05, 3.63) is 40.2 Å². The van der Waals surface area contributed by atoms with Gasteiger partial charge in [-0.3, -0.25) is 0 Å². The molecule has 78 valence electrons. The Morgan fingerprint density at radius 1 is 1.27 bits per heavy atom. The molecule has 0 unspecified atom stereocenters. The second kappa shape index (κ2) is 3.42. The summed E-state index contributed by atoms with van der Waals surface area (Å²) in [6.07, 6.45) is 0. The van der Waals surface area contributed by atoms with Crippen LogP contribution in [0.25, 0.3) is 11.0 Å². The van der Waals surface area contributed by atoms with Crippen LogP contribution in [0, 0.1) is 0 Å². The zero-order valence-electron chi connectivity index (χ0n) is 8.78. The van der Waals surface area contributed by atoms with Gasteiger partial charge in [-0.15, -0.1) is 0 Å². The molecule has 3 nitrogen and oxygen atoms in total. The quantitative estimate of drug-likeness (QED) is 0.572. The number of anilines is 1. The Morgan fingerprint density at radius 2 is 2.00 bits per heavy atom. The van der Waals surface area contributed by atoms with Crippen molar-refractivity contribution in [2.45, 2.75) is 19.8 Å². The highest BCUT2D eigenvalue weighted by Crippen LogP contribution is 2.24. The maximum absolute atomic E-state index is 11.3. The van der Waals surface area contributed by atoms with Crippen molar-refractivity contribution < 1.29 is 4.42 Å². The van der Waals surface area contributed by atoms with Gasteiger partial charge in [0.25, 0.3) is 0 Å². The second-order valence-corrected chi connectivity index (χ2v) is 3.93. The molecule has 2 N–H and O–H groups in total. The number of hydrogen-bond acceptors (Lipinski definition) is 3. The van der Waals surface area contributed by atoms with E-state index in [2.05, 4.69) is 0 Å². The molecule has 2 aromatic rings. The fraction of sp³-hybridized carbons (Fsp3) is 0.250. The summed E-state index contributed by atoms with van der Waals surface area (Å²) in [5.74, 6) is 0.292. The fourth-order valence-corrected chi connectivity index (χ4v) is 1.68. The van der Waals surface area contributed by atoms with Crippen molar-refractivity contribution in [3.63, 3.8) is 0 Å². The number of rotatable bonds is 1. The van der Waals surface area contributed by atoms with E-state index in [1.807, 2.05) is 26.0 Å². The monoisotopic (exact) mass is 203 g/mol. The maximum atomic E-state index is 11.3. The average molecular weight is 203 g/mol. The molecule has 0 spiro atoms. The lowest BCUT2D eigenvalue weighted by atomic mass is 10.00.